The van der Waals surface area contributed by atoms with Crippen LogP contribution in [0.15, 0.2) is 46.9 Å². The molecule has 0 aromatic heterocycles. The fourth-order valence-corrected chi connectivity index (χ4v) is 2.26. The number of benzene rings is 2. The summed E-state index contributed by atoms with van der Waals surface area (Å²) in [6.45, 7) is 2.13. The van der Waals surface area contributed by atoms with Gasteiger partial charge in [0.15, 0.2) is 0 Å². The number of ether oxygens (including phenoxy) is 1. The normalized spacial score (nSPS) is 10.3. The first-order chi connectivity index (χ1) is 9.60. The van der Waals surface area contributed by atoms with Crippen LogP contribution in [0.5, 0.6) is 11.5 Å². The van der Waals surface area contributed by atoms with Crippen molar-refractivity contribution in [2.24, 2.45) is 0 Å². The zero-order valence-electron chi connectivity index (χ0n) is 11.1. The standard InChI is InChI=1S/C16H15BrO3/c1-2-3-11-4-7-13(8-5-11)20-15-9-6-12(17)10-14(15)16(18)19/h4-10H,2-3H2,1H3,(H,18,19). The fourth-order valence-electron chi connectivity index (χ4n) is 1.90. The molecule has 0 spiro atoms. The van der Waals surface area contributed by atoms with Gasteiger partial charge in [0.1, 0.15) is 17.1 Å². The minimum Gasteiger partial charge on any atom is -0.478 e. The molecule has 0 amide bonds. The summed E-state index contributed by atoms with van der Waals surface area (Å²) in [4.78, 5) is 11.2. The van der Waals surface area contributed by atoms with Gasteiger partial charge in [-0.3, -0.25) is 0 Å². The maximum atomic E-state index is 11.2. The Morgan fingerprint density at radius 2 is 1.90 bits per heavy atom. The van der Waals surface area contributed by atoms with Crippen molar-refractivity contribution in [3.8, 4) is 11.5 Å². The van der Waals surface area contributed by atoms with Gasteiger partial charge in [0.05, 0.1) is 0 Å². The second-order valence-corrected chi connectivity index (χ2v) is 5.36. The Balaban J connectivity index is 2.23. The van der Waals surface area contributed by atoms with Gasteiger partial charge in [-0.15, -0.1) is 0 Å². The minimum atomic E-state index is -1.01. The van der Waals surface area contributed by atoms with Gasteiger partial charge in [0.25, 0.3) is 0 Å². The second-order valence-electron chi connectivity index (χ2n) is 4.44. The van der Waals surface area contributed by atoms with Crippen LogP contribution in [0.3, 0.4) is 0 Å². The van der Waals surface area contributed by atoms with Crippen LogP contribution >= 0.6 is 15.9 Å². The third-order valence-electron chi connectivity index (χ3n) is 2.86. The number of hydrogen-bond acceptors (Lipinski definition) is 2. The molecular formula is C16H15BrO3. The molecule has 2 aromatic rings. The fraction of sp³-hybridized carbons (Fsp3) is 0.188. The molecule has 104 valence electrons. The molecule has 1 N–H and O–H groups in total. The molecular weight excluding hydrogens is 320 g/mol. The van der Waals surface area contributed by atoms with E-state index in [0.717, 1.165) is 12.8 Å². The zero-order valence-corrected chi connectivity index (χ0v) is 12.7. The van der Waals surface area contributed by atoms with Gasteiger partial charge in [-0.05, 0) is 42.3 Å². The van der Waals surface area contributed by atoms with Crippen LogP contribution in [0.1, 0.15) is 29.3 Å². The first-order valence-corrected chi connectivity index (χ1v) is 7.19. The van der Waals surface area contributed by atoms with Crippen LogP contribution in [-0.4, -0.2) is 11.1 Å². The lowest BCUT2D eigenvalue weighted by molar-refractivity contribution is 0.0694. The molecule has 0 saturated heterocycles. The first kappa shape index (κ1) is 14.6. The highest BCUT2D eigenvalue weighted by Crippen LogP contribution is 2.28. The van der Waals surface area contributed by atoms with Crippen molar-refractivity contribution in [1.29, 1.82) is 0 Å². The Morgan fingerprint density at radius 3 is 2.50 bits per heavy atom. The number of aromatic carboxylic acids is 1. The number of hydrogen-bond donors (Lipinski definition) is 1. The third kappa shape index (κ3) is 3.61. The number of halogens is 1. The van der Waals surface area contributed by atoms with Crippen molar-refractivity contribution in [3.63, 3.8) is 0 Å². The number of carbonyl (C=O) groups is 1. The molecule has 2 rings (SSSR count). The number of aryl methyl sites for hydroxylation is 1. The molecule has 0 aliphatic carbocycles. The summed E-state index contributed by atoms with van der Waals surface area (Å²) < 4.78 is 6.37. The van der Waals surface area contributed by atoms with Crippen molar-refractivity contribution in [3.05, 3.63) is 58.1 Å². The molecule has 0 saturated carbocycles. The molecule has 0 atom stereocenters. The van der Waals surface area contributed by atoms with Gasteiger partial charge >= 0.3 is 5.97 Å². The van der Waals surface area contributed by atoms with Crippen molar-refractivity contribution in [2.45, 2.75) is 19.8 Å². The Hall–Kier alpha value is -1.81. The van der Waals surface area contributed by atoms with E-state index in [2.05, 4.69) is 22.9 Å². The van der Waals surface area contributed by atoms with Gasteiger partial charge in [-0.25, -0.2) is 4.79 Å². The summed E-state index contributed by atoms with van der Waals surface area (Å²) in [5, 5.41) is 9.18. The van der Waals surface area contributed by atoms with Crippen LogP contribution in [0.25, 0.3) is 0 Å². The average Bonchev–Trinajstić information content (AvgIpc) is 2.43. The summed E-state index contributed by atoms with van der Waals surface area (Å²) >= 11 is 3.26. The van der Waals surface area contributed by atoms with Crippen molar-refractivity contribution in [2.75, 3.05) is 0 Å². The number of rotatable bonds is 5. The lowest BCUT2D eigenvalue weighted by Crippen LogP contribution is -2.00. The van der Waals surface area contributed by atoms with Crippen molar-refractivity contribution in [1.82, 2.24) is 0 Å². The lowest BCUT2D eigenvalue weighted by atomic mass is 10.1. The molecule has 0 bridgehead atoms. The average molecular weight is 335 g/mol. The van der Waals surface area contributed by atoms with Gasteiger partial charge in [-0.1, -0.05) is 41.4 Å². The van der Waals surface area contributed by atoms with E-state index in [1.54, 1.807) is 12.1 Å². The second kappa shape index (κ2) is 6.57. The van der Waals surface area contributed by atoms with Crippen LogP contribution in [0.2, 0.25) is 0 Å². The predicted octanol–water partition coefficient (Wildman–Crippen LogP) is 4.89. The predicted molar refractivity (Wildman–Crippen MR) is 81.6 cm³/mol. The quantitative estimate of drug-likeness (QED) is 0.846. The highest BCUT2D eigenvalue weighted by atomic mass is 79.9. The highest BCUT2D eigenvalue weighted by Gasteiger charge is 2.12. The van der Waals surface area contributed by atoms with Gasteiger partial charge < -0.3 is 9.84 Å². The summed E-state index contributed by atoms with van der Waals surface area (Å²) in [6.07, 6.45) is 2.12. The summed E-state index contributed by atoms with van der Waals surface area (Å²) in [5.41, 5.74) is 1.38. The van der Waals surface area contributed by atoms with E-state index in [0.29, 0.717) is 16.0 Å². The Morgan fingerprint density at radius 1 is 1.20 bits per heavy atom. The van der Waals surface area contributed by atoms with Crippen molar-refractivity contribution < 1.29 is 14.6 Å². The van der Waals surface area contributed by atoms with E-state index in [4.69, 9.17) is 4.74 Å². The van der Waals surface area contributed by atoms with Crippen LogP contribution in [0.4, 0.5) is 0 Å². The number of carboxylic acid groups (broad SMARTS) is 1. The highest BCUT2D eigenvalue weighted by molar-refractivity contribution is 9.10. The largest absolute Gasteiger partial charge is 0.478 e. The molecule has 0 radical (unpaired) electrons. The van der Waals surface area contributed by atoms with E-state index < -0.39 is 5.97 Å². The third-order valence-corrected chi connectivity index (χ3v) is 3.36. The summed E-state index contributed by atoms with van der Waals surface area (Å²) in [5.74, 6) is -0.0393. The Kier molecular flexibility index (Phi) is 4.79. The minimum absolute atomic E-state index is 0.136. The lowest BCUT2D eigenvalue weighted by Gasteiger charge is -2.09. The molecule has 0 unspecified atom stereocenters. The maximum Gasteiger partial charge on any atom is 0.339 e. The molecule has 0 aliphatic heterocycles. The molecule has 2 aromatic carbocycles. The maximum absolute atomic E-state index is 11.2. The smallest absolute Gasteiger partial charge is 0.339 e. The molecule has 0 aliphatic rings. The Labute approximate surface area is 126 Å². The van der Waals surface area contributed by atoms with Crippen LogP contribution in [-0.2, 0) is 6.42 Å². The Bertz CT molecular complexity index is 606. The molecule has 20 heavy (non-hydrogen) atoms. The van der Waals surface area contributed by atoms with E-state index in [9.17, 15) is 9.90 Å². The van der Waals surface area contributed by atoms with Gasteiger partial charge in [0, 0.05) is 4.47 Å². The summed E-state index contributed by atoms with van der Waals surface area (Å²) in [6, 6.07) is 12.7. The first-order valence-electron chi connectivity index (χ1n) is 6.40. The van der Waals surface area contributed by atoms with Crippen molar-refractivity contribution >= 4 is 21.9 Å². The van der Waals surface area contributed by atoms with E-state index in [1.165, 1.54) is 11.6 Å². The topological polar surface area (TPSA) is 46.5 Å². The SMILES string of the molecule is CCCc1ccc(Oc2ccc(Br)cc2C(=O)O)cc1. The van der Waals surface area contributed by atoms with Gasteiger partial charge in [0.2, 0.25) is 0 Å². The summed E-state index contributed by atoms with van der Waals surface area (Å²) in [7, 11) is 0. The van der Waals surface area contributed by atoms with E-state index in [1.807, 2.05) is 24.3 Å². The molecule has 4 heteroatoms. The number of carboxylic acids is 1. The van der Waals surface area contributed by atoms with E-state index >= 15 is 0 Å². The monoisotopic (exact) mass is 334 g/mol. The zero-order chi connectivity index (χ0) is 14.5. The van der Waals surface area contributed by atoms with Gasteiger partial charge in [-0.2, -0.15) is 0 Å². The molecule has 0 fully saturated rings. The van der Waals surface area contributed by atoms with Crippen LogP contribution in [0, 0.1) is 0 Å². The molecule has 0 heterocycles. The van der Waals surface area contributed by atoms with E-state index in [-0.39, 0.29) is 5.56 Å². The molecule has 3 nitrogen and oxygen atoms in total. The van der Waals surface area contributed by atoms with Crippen LogP contribution < -0.4 is 4.74 Å².